The lowest BCUT2D eigenvalue weighted by atomic mass is 10.1. The fourth-order valence-electron chi connectivity index (χ4n) is 4.61. The van der Waals surface area contributed by atoms with Crippen molar-refractivity contribution in [3.05, 3.63) is 77.9 Å². The van der Waals surface area contributed by atoms with Crippen molar-refractivity contribution < 1.29 is 31.5 Å². The number of amides is 2. The van der Waals surface area contributed by atoms with E-state index < -0.39 is 36.2 Å². The molecule has 2 amide bonds. The predicted molar refractivity (Wildman–Crippen MR) is 147 cm³/mol. The van der Waals surface area contributed by atoms with Crippen LogP contribution in [-0.4, -0.2) is 60.3 Å². The van der Waals surface area contributed by atoms with Crippen LogP contribution >= 0.6 is 0 Å². The van der Waals surface area contributed by atoms with Crippen molar-refractivity contribution in [1.29, 1.82) is 0 Å². The Balaban J connectivity index is 1.51. The molecule has 1 N–H and O–H groups in total. The van der Waals surface area contributed by atoms with E-state index in [0.29, 0.717) is 34.1 Å². The first-order valence-corrected chi connectivity index (χ1v) is 12.8. The van der Waals surface area contributed by atoms with Crippen LogP contribution in [-0.2, 0) is 22.7 Å². The van der Waals surface area contributed by atoms with Crippen LogP contribution in [0.4, 0.5) is 27.8 Å². The second-order valence-electron chi connectivity index (χ2n) is 9.46. The molecule has 0 saturated heterocycles. The van der Waals surface area contributed by atoms with E-state index in [1.165, 1.54) is 41.1 Å². The molecule has 0 bridgehead atoms. The monoisotopic (exact) mass is 598 g/mol. The van der Waals surface area contributed by atoms with Crippen LogP contribution in [0, 0.1) is 5.82 Å². The molecule has 5 rings (SSSR count). The molecule has 3 aromatic heterocycles. The van der Waals surface area contributed by atoms with Gasteiger partial charge in [0.2, 0.25) is 11.9 Å². The van der Waals surface area contributed by atoms with Crippen molar-refractivity contribution in [2.24, 2.45) is 4.99 Å². The van der Waals surface area contributed by atoms with E-state index in [-0.39, 0.29) is 31.0 Å². The van der Waals surface area contributed by atoms with E-state index in [9.17, 15) is 31.5 Å². The second-order valence-corrected chi connectivity index (χ2v) is 9.46. The van der Waals surface area contributed by atoms with Gasteiger partial charge in [0, 0.05) is 30.3 Å². The zero-order valence-corrected chi connectivity index (χ0v) is 22.6. The van der Waals surface area contributed by atoms with Crippen LogP contribution < -0.4 is 5.32 Å². The number of anilines is 1. The Labute approximate surface area is 240 Å². The van der Waals surface area contributed by atoms with Gasteiger partial charge in [-0.1, -0.05) is 6.08 Å². The van der Waals surface area contributed by atoms with Gasteiger partial charge in [0.05, 0.1) is 24.1 Å². The molecule has 0 atom stereocenters. The minimum Gasteiger partial charge on any atom is -0.333 e. The first-order valence-electron chi connectivity index (χ1n) is 12.8. The highest BCUT2D eigenvalue weighted by molar-refractivity contribution is 6.05. The molecule has 4 heterocycles. The highest BCUT2D eigenvalue weighted by Gasteiger charge is 2.35. The molecule has 15 heteroatoms. The van der Waals surface area contributed by atoms with Crippen LogP contribution in [0.25, 0.3) is 28.3 Å². The lowest BCUT2D eigenvalue weighted by Crippen LogP contribution is -2.40. The number of hydrogen-bond acceptors (Lipinski definition) is 6. The maximum atomic E-state index is 13.7. The van der Waals surface area contributed by atoms with E-state index in [0.717, 1.165) is 11.0 Å². The van der Waals surface area contributed by atoms with Crippen LogP contribution in [0.2, 0.25) is 0 Å². The number of alkyl halides is 3. The van der Waals surface area contributed by atoms with Gasteiger partial charge >= 0.3 is 6.18 Å². The lowest BCUT2D eigenvalue weighted by Gasteiger charge is -2.28. The Morgan fingerprint density at radius 1 is 1.12 bits per heavy atom. The third kappa shape index (κ3) is 6.34. The van der Waals surface area contributed by atoms with E-state index in [1.807, 2.05) is 0 Å². The topological polar surface area (TPSA) is 110 Å². The molecular formula is C28H23F5N8O2. The number of aromatic nitrogens is 5. The van der Waals surface area contributed by atoms with E-state index >= 15 is 0 Å². The number of nitrogens with zero attached hydrogens (tertiary/aromatic N) is 7. The van der Waals surface area contributed by atoms with Crippen molar-refractivity contribution in [2.75, 3.05) is 11.9 Å². The SMILES string of the molecule is C=N/C(F)=C\C(=C/C)C(=O)Nc1cn2nc(-c3c(-c4ccc(F)cc4)nc4n3CCN(C(=O)CC(F)(F)F)C4)ccc2n1. The smallest absolute Gasteiger partial charge is 0.333 e. The molecule has 10 nitrogen and oxygen atoms in total. The van der Waals surface area contributed by atoms with Crippen molar-refractivity contribution in [1.82, 2.24) is 29.0 Å². The molecule has 1 aliphatic rings. The minimum absolute atomic E-state index is 0.00630. The number of rotatable bonds is 7. The highest BCUT2D eigenvalue weighted by atomic mass is 19.4. The molecule has 222 valence electrons. The first-order chi connectivity index (χ1) is 20.5. The van der Waals surface area contributed by atoms with Gasteiger partial charge in [-0.2, -0.15) is 22.7 Å². The summed E-state index contributed by atoms with van der Waals surface area (Å²) in [7, 11) is 0. The third-order valence-electron chi connectivity index (χ3n) is 6.60. The molecule has 0 unspecified atom stereocenters. The number of nitrogens with one attached hydrogen (secondary N) is 1. The van der Waals surface area contributed by atoms with Crippen molar-refractivity contribution >= 4 is 30.0 Å². The van der Waals surface area contributed by atoms with Gasteiger partial charge in [-0.05, 0) is 50.0 Å². The van der Waals surface area contributed by atoms with Crippen LogP contribution in [0.15, 0.2) is 71.3 Å². The molecular weight excluding hydrogens is 575 g/mol. The van der Waals surface area contributed by atoms with Gasteiger partial charge in [0.1, 0.15) is 23.8 Å². The molecule has 1 aromatic carbocycles. The number of imidazole rings is 2. The summed E-state index contributed by atoms with van der Waals surface area (Å²) in [5, 5.41) is 7.18. The number of allylic oxidation sites excluding steroid dienone is 1. The normalized spacial score (nSPS) is 14.1. The van der Waals surface area contributed by atoms with Crippen molar-refractivity contribution in [2.45, 2.75) is 32.6 Å². The van der Waals surface area contributed by atoms with E-state index in [1.54, 1.807) is 23.6 Å². The van der Waals surface area contributed by atoms with Crippen molar-refractivity contribution in [3.63, 3.8) is 0 Å². The van der Waals surface area contributed by atoms with E-state index in [2.05, 4.69) is 32.1 Å². The van der Waals surface area contributed by atoms with Gasteiger partial charge in [-0.3, -0.25) is 9.59 Å². The van der Waals surface area contributed by atoms with Gasteiger partial charge < -0.3 is 14.8 Å². The van der Waals surface area contributed by atoms with Crippen molar-refractivity contribution in [3.8, 4) is 22.6 Å². The summed E-state index contributed by atoms with van der Waals surface area (Å²) in [6, 6.07) is 8.82. The second kappa shape index (κ2) is 11.6. The third-order valence-corrected chi connectivity index (χ3v) is 6.60. The Bertz CT molecular complexity index is 1790. The standard InChI is InChI=1S/C28H23F5N8O2/c1-3-16(12-20(30)34-2)27(43)36-21-14-41-22(35-21)9-8-19(38-41)26-25(17-4-6-18(29)7-5-17)37-23-15-39(10-11-40(23)26)24(42)13-28(31,32)33/h3-9,12,14H,2,10-11,13,15H2,1H3,(H,36,43)/b16-3+,20-12-. The Kier molecular flexibility index (Phi) is 7.89. The van der Waals surface area contributed by atoms with Crippen LogP contribution in [0.1, 0.15) is 19.2 Å². The number of hydrogen-bond donors (Lipinski definition) is 1. The number of benzene rings is 1. The number of aliphatic imine (C=N–C) groups is 1. The summed E-state index contributed by atoms with van der Waals surface area (Å²) >= 11 is 0. The number of carbonyl (C=O) groups is 2. The minimum atomic E-state index is -4.64. The van der Waals surface area contributed by atoms with Gasteiger partial charge in [0.25, 0.3) is 5.91 Å². The Hall–Kier alpha value is -5.21. The highest BCUT2D eigenvalue weighted by Crippen LogP contribution is 2.34. The number of fused-ring (bicyclic) bond motifs is 2. The molecule has 1 aliphatic heterocycles. The predicted octanol–water partition coefficient (Wildman–Crippen LogP) is 5.09. The van der Waals surface area contributed by atoms with E-state index in [4.69, 9.17) is 0 Å². The first kappa shape index (κ1) is 29.3. The molecule has 0 radical (unpaired) electrons. The molecule has 4 aromatic rings. The summed E-state index contributed by atoms with van der Waals surface area (Å²) in [5.41, 5.74) is 2.17. The summed E-state index contributed by atoms with van der Waals surface area (Å²) < 4.78 is 69.0. The fraction of sp³-hybridized carbons (Fsp3) is 0.214. The quantitative estimate of drug-likeness (QED) is 0.105. The van der Waals surface area contributed by atoms with Crippen LogP contribution in [0.3, 0.4) is 0 Å². The number of halogens is 5. The fourth-order valence-corrected chi connectivity index (χ4v) is 4.61. The summed E-state index contributed by atoms with van der Waals surface area (Å²) in [4.78, 5) is 38.1. The lowest BCUT2D eigenvalue weighted by molar-refractivity contribution is -0.162. The van der Waals surface area contributed by atoms with Gasteiger partial charge in [-0.25, -0.2) is 23.9 Å². The maximum absolute atomic E-state index is 13.7. The molecule has 0 aliphatic carbocycles. The summed E-state index contributed by atoms with van der Waals surface area (Å²) in [6.07, 6.45) is -2.45. The molecule has 43 heavy (non-hydrogen) atoms. The van der Waals surface area contributed by atoms with Gasteiger partial charge in [0.15, 0.2) is 11.5 Å². The Morgan fingerprint density at radius 3 is 2.53 bits per heavy atom. The largest absolute Gasteiger partial charge is 0.397 e. The van der Waals surface area contributed by atoms with Gasteiger partial charge in [-0.15, -0.1) is 0 Å². The van der Waals surface area contributed by atoms with Crippen LogP contribution in [0.5, 0.6) is 0 Å². The molecule has 0 saturated carbocycles. The maximum Gasteiger partial charge on any atom is 0.397 e. The summed E-state index contributed by atoms with van der Waals surface area (Å²) in [6.45, 7) is 4.62. The molecule has 0 fully saturated rings. The average Bonchev–Trinajstić information content (AvgIpc) is 3.55. The zero-order chi connectivity index (χ0) is 30.9. The average molecular weight is 599 g/mol. The molecule has 0 spiro atoms. The zero-order valence-electron chi connectivity index (χ0n) is 22.6. The number of carbonyl (C=O) groups excluding carboxylic acids is 2. The Morgan fingerprint density at radius 2 is 1.86 bits per heavy atom. The summed E-state index contributed by atoms with van der Waals surface area (Å²) in [5.74, 6) is -2.63.